The van der Waals surface area contributed by atoms with Crippen molar-refractivity contribution in [3.63, 3.8) is 0 Å². The van der Waals surface area contributed by atoms with Crippen LogP contribution in [0.25, 0.3) is 111 Å². The van der Waals surface area contributed by atoms with Gasteiger partial charge in [-0.2, -0.15) is 26.3 Å². The van der Waals surface area contributed by atoms with Crippen LogP contribution < -0.4 is 0 Å². The van der Waals surface area contributed by atoms with E-state index in [0.29, 0.717) is 22.1 Å². The second kappa shape index (κ2) is 19.5. The van der Waals surface area contributed by atoms with Crippen molar-refractivity contribution in [3.8, 4) is 67.0 Å². The topological polar surface area (TPSA) is 9.86 Å². The maximum absolute atomic E-state index is 17.6. The van der Waals surface area contributed by atoms with Gasteiger partial charge in [0.1, 0.15) is 5.56 Å². The van der Waals surface area contributed by atoms with Gasteiger partial charge in [0.2, 0.25) is 0 Å². The van der Waals surface area contributed by atoms with E-state index < -0.39 is 23.5 Å². The summed E-state index contributed by atoms with van der Waals surface area (Å²) >= 11 is 0. The number of nitrogens with zero attached hydrogens (tertiary/aromatic N) is 2. The van der Waals surface area contributed by atoms with Gasteiger partial charge in [0.15, 0.2) is 0 Å². The Balaban J connectivity index is 1.29. The molecule has 12 aromatic rings. The van der Waals surface area contributed by atoms with Crippen LogP contribution in [-0.4, -0.2) is 9.13 Å². The molecule has 0 spiro atoms. The van der Waals surface area contributed by atoms with Gasteiger partial charge in [-0.05, 0) is 232 Å². The summed E-state index contributed by atoms with van der Waals surface area (Å²) in [5, 5.41) is 2.90. The van der Waals surface area contributed by atoms with Crippen LogP contribution in [0.2, 0.25) is 0 Å². The second-order valence-electron chi connectivity index (χ2n) is 23.2. The molecule has 0 amide bonds. The minimum absolute atomic E-state index is 0.115. The lowest BCUT2D eigenvalue weighted by atomic mass is 9.92. The summed E-state index contributed by atoms with van der Waals surface area (Å²) in [5.74, 6) is 0. The maximum Gasteiger partial charge on any atom is 0.420 e. The Morgan fingerprint density at radius 3 is 0.805 bits per heavy atom. The van der Waals surface area contributed by atoms with Crippen molar-refractivity contribution in [2.75, 3.05) is 0 Å². The molecule has 2 nitrogen and oxygen atoms in total. The number of halogens is 6. The fourth-order valence-electron chi connectivity index (χ4n) is 14.0. The van der Waals surface area contributed by atoms with Crippen LogP contribution in [0.1, 0.15) is 77.9 Å². The van der Waals surface area contributed by atoms with Gasteiger partial charge in [-0.25, -0.2) is 0 Å². The van der Waals surface area contributed by atoms with Crippen molar-refractivity contribution in [1.29, 1.82) is 0 Å². The Bertz CT molecular complexity index is 4090. The van der Waals surface area contributed by atoms with Crippen molar-refractivity contribution in [3.05, 3.63) is 236 Å². The van der Waals surface area contributed by atoms with E-state index in [4.69, 9.17) is 0 Å². The second-order valence-corrected chi connectivity index (χ2v) is 23.2. The number of fused-ring (bicyclic) bond motifs is 6. The van der Waals surface area contributed by atoms with Crippen molar-refractivity contribution < 1.29 is 26.3 Å². The first-order valence-corrected chi connectivity index (χ1v) is 27.8. The number of rotatable bonds is 7. The third-order valence-corrected chi connectivity index (χ3v) is 16.8. The molecular formula is C74H62F6N2. The van der Waals surface area contributed by atoms with Gasteiger partial charge in [-0.1, -0.05) is 131 Å². The molecule has 0 unspecified atom stereocenters. The lowest BCUT2D eigenvalue weighted by molar-refractivity contribution is -0.138. The zero-order valence-corrected chi connectivity index (χ0v) is 48.2. The van der Waals surface area contributed by atoms with Crippen LogP contribution >= 0.6 is 0 Å². The predicted octanol–water partition coefficient (Wildman–Crippen LogP) is 22.0. The molecule has 0 aliphatic heterocycles. The van der Waals surface area contributed by atoms with E-state index in [-0.39, 0.29) is 22.5 Å². The van der Waals surface area contributed by atoms with E-state index in [0.717, 1.165) is 145 Å². The van der Waals surface area contributed by atoms with Gasteiger partial charge in [0, 0.05) is 21.5 Å². The van der Waals surface area contributed by atoms with Gasteiger partial charge in [-0.3, -0.25) is 0 Å². The lowest BCUT2D eigenvalue weighted by Crippen LogP contribution is -2.16. The summed E-state index contributed by atoms with van der Waals surface area (Å²) < 4.78 is 101. The number of aromatic nitrogens is 2. The molecule has 0 aliphatic carbocycles. The summed E-state index contributed by atoms with van der Waals surface area (Å²) in [6.45, 7) is 24.6. The molecule has 0 saturated heterocycles. The highest BCUT2D eigenvalue weighted by Gasteiger charge is 2.40. The molecule has 0 atom stereocenters. The fraction of sp³-hybridized carbons (Fsp3) is 0.189. The van der Waals surface area contributed by atoms with Crippen LogP contribution in [-0.2, 0) is 12.4 Å². The molecule has 0 aliphatic rings. The van der Waals surface area contributed by atoms with E-state index in [1.165, 1.54) is 18.2 Å². The first-order chi connectivity index (χ1) is 38.8. The maximum atomic E-state index is 17.6. The number of hydrogen-bond acceptors (Lipinski definition) is 0. The smallest absolute Gasteiger partial charge is 0.308 e. The molecule has 410 valence electrons. The molecule has 0 N–H and O–H groups in total. The van der Waals surface area contributed by atoms with Crippen LogP contribution in [0, 0.1) is 83.1 Å². The number of alkyl halides is 6. The highest BCUT2D eigenvalue weighted by molar-refractivity contribution is 6.13. The Kier molecular flexibility index (Phi) is 12.9. The third-order valence-electron chi connectivity index (χ3n) is 16.8. The minimum Gasteiger partial charge on any atom is -0.308 e. The molecular weight excluding hydrogens is 1030 g/mol. The van der Waals surface area contributed by atoms with Gasteiger partial charge >= 0.3 is 12.4 Å². The van der Waals surface area contributed by atoms with Crippen molar-refractivity contribution in [2.24, 2.45) is 0 Å². The zero-order valence-electron chi connectivity index (χ0n) is 48.2. The van der Waals surface area contributed by atoms with Crippen LogP contribution in [0.3, 0.4) is 0 Å². The molecule has 8 heteroatoms. The zero-order chi connectivity index (χ0) is 58.2. The van der Waals surface area contributed by atoms with Crippen molar-refractivity contribution in [2.45, 2.75) is 95.4 Å². The summed E-state index contributed by atoms with van der Waals surface area (Å²) in [5.41, 5.74) is 19.8. The minimum atomic E-state index is -5.05. The fourth-order valence-corrected chi connectivity index (χ4v) is 14.0. The standard InChI is InChI=1S/C74H62F6N2/c1-39-24-43(5)68(44(6)25-39)52-16-20-58-59-21-17-53(69-45(7)26-40(2)27-46(69)8)34-63(59)81(62(58)33-52)66-37-56(51-14-13-15-57(32-51)73(75,76)77)38-67(72(66)74(78,79)80)82-64-35-54(70-47(9)28-41(3)29-48(70)10)18-22-60(64)61-23-19-55(36-65(61)82)71-49(11)30-42(4)31-50(71)12/h13-38H,1-12H3. The molecule has 2 heterocycles. The first-order valence-electron chi connectivity index (χ1n) is 27.8. The van der Waals surface area contributed by atoms with Crippen LogP contribution in [0.4, 0.5) is 26.3 Å². The Morgan fingerprint density at radius 1 is 0.268 bits per heavy atom. The Morgan fingerprint density at radius 2 is 0.549 bits per heavy atom. The molecule has 12 rings (SSSR count). The molecule has 0 bridgehead atoms. The average molecular weight is 1090 g/mol. The quantitative estimate of drug-likeness (QED) is 0.141. The van der Waals surface area contributed by atoms with Crippen LogP contribution in [0.5, 0.6) is 0 Å². The van der Waals surface area contributed by atoms with Crippen molar-refractivity contribution >= 4 is 43.6 Å². The highest BCUT2D eigenvalue weighted by atomic mass is 19.4. The highest BCUT2D eigenvalue weighted by Crippen LogP contribution is 2.49. The lowest BCUT2D eigenvalue weighted by Gasteiger charge is -2.24. The normalized spacial score (nSPS) is 12.3. The molecule has 0 fully saturated rings. The average Bonchev–Trinajstić information content (AvgIpc) is 3.96. The van der Waals surface area contributed by atoms with E-state index in [2.05, 4.69) is 48.5 Å². The number of aryl methyl sites for hydroxylation is 12. The monoisotopic (exact) mass is 1090 g/mol. The van der Waals surface area contributed by atoms with E-state index in [9.17, 15) is 13.2 Å². The molecule has 82 heavy (non-hydrogen) atoms. The molecule has 0 radical (unpaired) electrons. The summed E-state index contributed by atoms with van der Waals surface area (Å²) in [6.07, 6.45) is -9.78. The van der Waals surface area contributed by atoms with Gasteiger partial charge in [0.25, 0.3) is 0 Å². The molecule has 10 aromatic carbocycles. The summed E-state index contributed by atoms with van der Waals surface area (Å²) in [4.78, 5) is 0. The third kappa shape index (κ3) is 9.08. The summed E-state index contributed by atoms with van der Waals surface area (Å²) in [7, 11) is 0. The van der Waals surface area contributed by atoms with E-state index in [1.807, 2.05) is 156 Å². The van der Waals surface area contributed by atoms with Crippen LogP contribution in [0.15, 0.2) is 158 Å². The number of benzene rings is 10. The Labute approximate surface area is 474 Å². The molecule has 2 aromatic heterocycles. The SMILES string of the molecule is Cc1cc(C)c(-c2ccc3c4ccc(-c5c(C)cc(C)cc5C)cc4n(-c4cc(-c5cccc(C(F)(F)F)c5)cc(-n5c6cc(-c7c(C)cc(C)cc7C)ccc6c6ccc(-c7c(C)cc(C)cc7C)cc65)c4C(F)(F)F)c3c2)c(C)c1. The van der Waals surface area contributed by atoms with Crippen molar-refractivity contribution in [1.82, 2.24) is 9.13 Å². The molecule has 0 saturated carbocycles. The number of hydrogen-bond donors (Lipinski definition) is 0. The van der Waals surface area contributed by atoms with E-state index >= 15 is 13.2 Å². The van der Waals surface area contributed by atoms with E-state index in [1.54, 1.807) is 15.2 Å². The Hall–Kier alpha value is -8.62. The van der Waals surface area contributed by atoms with Gasteiger partial charge < -0.3 is 9.13 Å². The predicted molar refractivity (Wildman–Crippen MR) is 329 cm³/mol. The summed E-state index contributed by atoms with van der Waals surface area (Å²) in [6, 6.07) is 48.8. The van der Waals surface area contributed by atoms with Gasteiger partial charge in [-0.15, -0.1) is 0 Å². The largest absolute Gasteiger partial charge is 0.420 e. The van der Waals surface area contributed by atoms with Gasteiger partial charge in [0.05, 0.1) is 39.0 Å². The first kappa shape index (κ1) is 54.0.